The molecule has 2 fully saturated rings. The largest absolute Gasteiger partial charge is 0.303 e. The van der Waals surface area contributed by atoms with Gasteiger partial charge in [-0.05, 0) is 17.8 Å². The van der Waals surface area contributed by atoms with Crippen LogP contribution >= 0.6 is 0 Å². The molecule has 0 heterocycles. The Morgan fingerprint density at radius 1 is 1.27 bits per heavy atom. The quantitative estimate of drug-likeness (QED) is 0.555. The Morgan fingerprint density at radius 3 is 2.36 bits per heavy atom. The maximum atomic E-state index is 10.5. The molecule has 1 nitrogen and oxygen atoms in total. The Morgan fingerprint density at radius 2 is 1.91 bits per heavy atom. The highest BCUT2D eigenvalue weighted by molar-refractivity contribution is 5.59. The van der Waals surface area contributed by atoms with Crippen molar-refractivity contribution in [1.82, 2.24) is 0 Å². The number of aldehydes is 1. The molecule has 0 N–H and O–H groups in total. The van der Waals surface area contributed by atoms with E-state index in [4.69, 9.17) is 0 Å². The van der Waals surface area contributed by atoms with Crippen LogP contribution in [0.25, 0.3) is 0 Å². The first kappa shape index (κ1) is 7.33. The van der Waals surface area contributed by atoms with Gasteiger partial charge in [0.1, 0.15) is 6.29 Å². The van der Waals surface area contributed by atoms with Gasteiger partial charge in [0.2, 0.25) is 0 Å². The molecular formula is C10H16O. The van der Waals surface area contributed by atoms with Gasteiger partial charge in [-0.25, -0.2) is 0 Å². The molecule has 3 atom stereocenters. The average molecular weight is 152 g/mol. The minimum atomic E-state index is 0.429. The highest BCUT2D eigenvalue weighted by atomic mass is 16.1. The summed E-state index contributed by atoms with van der Waals surface area (Å²) in [5.41, 5.74) is 0. The first-order chi connectivity index (χ1) is 5.34. The van der Waals surface area contributed by atoms with E-state index in [1.54, 1.807) is 0 Å². The van der Waals surface area contributed by atoms with Crippen LogP contribution in [0.5, 0.6) is 0 Å². The highest BCUT2D eigenvalue weighted by Crippen LogP contribution is 2.53. The van der Waals surface area contributed by atoms with E-state index in [0.29, 0.717) is 11.8 Å². The van der Waals surface area contributed by atoms with E-state index in [1.165, 1.54) is 32.0 Å². The highest BCUT2D eigenvalue weighted by Gasteiger charge is 2.50. The summed E-state index contributed by atoms with van der Waals surface area (Å²) in [5.74, 6) is 2.81. The molecule has 0 aromatic rings. The summed E-state index contributed by atoms with van der Waals surface area (Å²) < 4.78 is 0. The van der Waals surface area contributed by atoms with Crippen LogP contribution in [0.2, 0.25) is 0 Å². The molecule has 0 amide bonds. The number of hydrogen-bond acceptors (Lipinski definition) is 1. The molecule has 2 rings (SSSR count). The lowest BCUT2D eigenvalue weighted by Gasteiger charge is -2.05. The third kappa shape index (κ3) is 1.11. The van der Waals surface area contributed by atoms with Gasteiger partial charge in [0, 0.05) is 5.92 Å². The minimum Gasteiger partial charge on any atom is -0.303 e. The summed E-state index contributed by atoms with van der Waals surface area (Å²) in [6, 6.07) is 0. The molecule has 0 radical (unpaired) electrons. The maximum Gasteiger partial charge on any atom is 0.123 e. The second-order valence-corrected chi connectivity index (χ2v) is 4.19. The van der Waals surface area contributed by atoms with Crippen LogP contribution in [-0.2, 0) is 4.79 Å². The second kappa shape index (κ2) is 2.62. The lowest BCUT2D eigenvalue weighted by molar-refractivity contribution is -0.109. The molecule has 2 aliphatic rings. The average Bonchev–Trinajstić information content (AvgIpc) is 2.53. The number of hydrogen-bond donors (Lipinski definition) is 0. The van der Waals surface area contributed by atoms with Crippen LogP contribution in [0.1, 0.15) is 32.6 Å². The van der Waals surface area contributed by atoms with Crippen LogP contribution in [0, 0.1) is 23.7 Å². The Labute approximate surface area is 68.2 Å². The molecule has 0 aromatic carbocycles. The van der Waals surface area contributed by atoms with Crippen molar-refractivity contribution in [2.45, 2.75) is 32.6 Å². The van der Waals surface area contributed by atoms with Gasteiger partial charge in [-0.15, -0.1) is 0 Å². The maximum absolute atomic E-state index is 10.5. The second-order valence-electron chi connectivity index (χ2n) is 4.19. The van der Waals surface area contributed by atoms with Crippen LogP contribution in [0.3, 0.4) is 0 Å². The molecule has 2 saturated carbocycles. The third-order valence-electron chi connectivity index (χ3n) is 3.62. The van der Waals surface area contributed by atoms with Crippen molar-refractivity contribution < 1.29 is 4.79 Å². The Balaban J connectivity index is 1.92. The zero-order valence-electron chi connectivity index (χ0n) is 7.12. The fourth-order valence-electron chi connectivity index (χ4n) is 2.83. The third-order valence-corrected chi connectivity index (χ3v) is 3.62. The van der Waals surface area contributed by atoms with E-state index in [-0.39, 0.29) is 0 Å². The van der Waals surface area contributed by atoms with Crippen LogP contribution in [-0.4, -0.2) is 6.29 Å². The normalized spacial score (nSPS) is 44.3. The number of carbonyl (C=O) groups is 1. The van der Waals surface area contributed by atoms with E-state index in [0.717, 1.165) is 11.8 Å². The van der Waals surface area contributed by atoms with E-state index in [9.17, 15) is 4.79 Å². The fourth-order valence-corrected chi connectivity index (χ4v) is 2.83. The Hall–Kier alpha value is -0.330. The van der Waals surface area contributed by atoms with E-state index < -0.39 is 0 Å². The van der Waals surface area contributed by atoms with Crippen molar-refractivity contribution in [3.63, 3.8) is 0 Å². The zero-order chi connectivity index (χ0) is 7.84. The summed E-state index contributed by atoms with van der Waals surface area (Å²) in [4.78, 5) is 10.5. The first-order valence-electron chi connectivity index (χ1n) is 4.80. The molecule has 0 saturated heterocycles. The van der Waals surface area contributed by atoms with Crippen LogP contribution in [0.15, 0.2) is 0 Å². The van der Waals surface area contributed by atoms with Crippen LogP contribution in [0.4, 0.5) is 0 Å². The van der Waals surface area contributed by atoms with Crippen molar-refractivity contribution in [2.24, 2.45) is 23.7 Å². The summed E-state index contributed by atoms with van der Waals surface area (Å²) in [7, 11) is 0. The first-order valence-corrected chi connectivity index (χ1v) is 4.80. The van der Waals surface area contributed by atoms with Crippen molar-refractivity contribution in [1.29, 1.82) is 0 Å². The summed E-state index contributed by atoms with van der Waals surface area (Å²) >= 11 is 0. The zero-order valence-corrected chi connectivity index (χ0v) is 7.12. The summed E-state index contributed by atoms with van der Waals surface area (Å²) in [5, 5.41) is 0. The number of rotatable bonds is 2. The predicted molar refractivity (Wildman–Crippen MR) is 44.2 cm³/mol. The summed E-state index contributed by atoms with van der Waals surface area (Å²) in [6.07, 6.45) is 6.76. The molecule has 11 heavy (non-hydrogen) atoms. The SMILES string of the molecule is C[C@@H]1[C@H](C=O)[C@H]1C1CCCC1. The standard InChI is InChI=1S/C10H16O/c1-7-9(6-11)10(7)8-4-2-3-5-8/h6-10H,2-5H2,1H3/t7-,9+,10-/m1/s1. The lowest BCUT2D eigenvalue weighted by Crippen LogP contribution is -1.98. The van der Waals surface area contributed by atoms with E-state index in [2.05, 4.69) is 6.92 Å². The molecule has 0 bridgehead atoms. The van der Waals surface area contributed by atoms with Crippen LogP contribution < -0.4 is 0 Å². The number of carbonyl (C=O) groups excluding carboxylic acids is 1. The Bertz CT molecular complexity index is 158. The molecule has 2 aliphatic carbocycles. The summed E-state index contributed by atoms with van der Waals surface area (Å²) in [6.45, 7) is 2.22. The van der Waals surface area contributed by atoms with Gasteiger partial charge in [0.05, 0.1) is 0 Å². The molecular weight excluding hydrogens is 136 g/mol. The van der Waals surface area contributed by atoms with Gasteiger partial charge in [-0.3, -0.25) is 0 Å². The van der Waals surface area contributed by atoms with E-state index in [1.807, 2.05) is 0 Å². The molecule has 0 aromatic heterocycles. The molecule has 1 heteroatoms. The molecule has 0 unspecified atom stereocenters. The topological polar surface area (TPSA) is 17.1 Å². The fraction of sp³-hybridized carbons (Fsp3) is 0.900. The smallest absolute Gasteiger partial charge is 0.123 e. The van der Waals surface area contributed by atoms with Crippen molar-refractivity contribution in [2.75, 3.05) is 0 Å². The van der Waals surface area contributed by atoms with Crippen molar-refractivity contribution in [3.8, 4) is 0 Å². The van der Waals surface area contributed by atoms with Gasteiger partial charge in [-0.2, -0.15) is 0 Å². The Kier molecular flexibility index (Phi) is 1.74. The van der Waals surface area contributed by atoms with Crippen molar-refractivity contribution in [3.05, 3.63) is 0 Å². The van der Waals surface area contributed by atoms with Gasteiger partial charge in [-0.1, -0.05) is 32.6 Å². The lowest BCUT2D eigenvalue weighted by atomic mass is 10.00. The van der Waals surface area contributed by atoms with Crippen molar-refractivity contribution >= 4 is 6.29 Å². The molecule has 0 spiro atoms. The van der Waals surface area contributed by atoms with E-state index >= 15 is 0 Å². The molecule has 62 valence electrons. The monoisotopic (exact) mass is 152 g/mol. The molecule has 0 aliphatic heterocycles. The van der Waals surface area contributed by atoms with Gasteiger partial charge in [0.15, 0.2) is 0 Å². The minimum absolute atomic E-state index is 0.429. The predicted octanol–water partition coefficient (Wildman–Crippen LogP) is 2.26. The van der Waals surface area contributed by atoms with Gasteiger partial charge in [0.25, 0.3) is 0 Å². The van der Waals surface area contributed by atoms with Gasteiger partial charge < -0.3 is 4.79 Å². The van der Waals surface area contributed by atoms with Gasteiger partial charge >= 0.3 is 0 Å².